The number of hydrogen-bond donors (Lipinski definition) is 0. The smallest absolute Gasteiger partial charge is 0.335 e. The minimum Gasteiger partial charge on any atom is -0.404 e. The summed E-state index contributed by atoms with van der Waals surface area (Å²) in [4.78, 5) is 0. The van der Waals surface area contributed by atoms with E-state index >= 15 is 0 Å². The van der Waals surface area contributed by atoms with Gasteiger partial charge < -0.3 is 4.42 Å². The van der Waals surface area contributed by atoms with Crippen LogP contribution in [-0.2, 0) is 6.54 Å². The summed E-state index contributed by atoms with van der Waals surface area (Å²) in [6.07, 6.45) is 30.6. The molecule has 0 spiro atoms. The Balaban J connectivity index is 1.26. The van der Waals surface area contributed by atoms with E-state index in [0.717, 1.165) is 12.1 Å². The molecule has 0 fully saturated rings. The summed E-state index contributed by atoms with van der Waals surface area (Å²) in [5.74, 6) is 0. The number of hydrogen-bond acceptors (Lipinski definition) is 1. The summed E-state index contributed by atoms with van der Waals surface area (Å²) in [6, 6.07) is 8.32. The molecule has 0 aliphatic carbocycles. The molecule has 1 heterocycles. The zero-order chi connectivity index (χ0) is 21.8. The molecule has 0 aliphatic rings. The molecular weight excluding hydrogens is 378 g/mol. The molecule has 0 saturated heterocycles. The van der Waals surface area contributed by atoms with Gasteiger partial charge in [0.25, 0.3) is 5.52 Å². The van der Waals surface area contributed by atoms with Crippen molar-refractivity contribution in [2.24, 2.45) is 0 Å². The molecule has 0 unspecified atom stereocenters. The summed E-state index contributed by atoms with van der Waals surface area (Å²) in [5, 5.41) is 0. The maximum Gasteiger partial charge on any atom is 0.335 e. The maximum absolute atomic E-state index is 5.61. The number of para-hydroxylation sites is 2. The number of rotatable bonds is 21. The molecule has 0 radical (unpaired) electrons. The van der Waals surface area contributed by atoms with Gasteiger partial charge in [-0.3, -0.25) is 0 Å². The van der Waals surface area contributed by atoms with Crippen LogP contribution >= 0.6 is 0 Å². The SMILES string of the molecule is CCCCCCCCCCCCCCCCCCCCCC[n+]1coc2ccccc21. The molecule has 2 heteroatoms. The lowest BCUT2D eigenvalue weighted by Crippen LogP contribution is -2.31. The van der Waals surface area contributed by atoms with Crippen LogP contribution in [0.2, 0.25) is 0 Å². The van der Waals surface area contributed by atoms with Gasteiger partial charge in [0.15, 0.2) is 6.54 Å². The third-order valence-corrected chi connectivity index (χ3v) is 6.73. The second-order valence-corrected chi connectivity index (χ2v) is 9.60. The van der Waals surface area contributed by atoms with E-state index in [1.165, 1.54) is 134 Å². The van der Waals surface area contributed by atoms with Gasteiger partial charge in [0.1, 0.15) is 0 Å². The van der Waals surface area contributed by atoms with Crippen LogP contribution in [0.1, 0.15) is 135 Å². The third-order valence-electron chi connectivity index (χ3n) is 6.73. The fourth-order valence-electron chi connectivity index (χ4n) is 4.68. The zero-order valence-corrected chi connectivity index (χ0v) is 20.6. The van der Waals surface area contributed by atoms with Crippen molar-refractivity contribution in [2.75, 3.05) is 0 Å². The monoisotopic (exact) mass is 428 g/mol. The largest absolute Gasteiger partial charge is 0.404 e. The van der Waals surface area contributed by atoms with E-state index in [-0.39, 0.29) is 0 Å². The number of unbranched alkanes of at least 4 members (excludes halogenated alkanes) is 19. The first kappa shape index (κ1) is 25.9. The third kappa shape index (κ3) is 12.3. The highest BCUT2D eigenvalue weighted by atomic mass is 16.3. The van der Waals surface area contributed by atoms with E-state index in [0.29, 0.717) is 0 Å². The van der Waals surface area contributed by atoms with Crippen LogP contribution in [0.25, 0.3) is 11.1 Å². The minimum atomic E-state index is 0.996. The van der Waals surface area contributed by atoms with E-state index in [1.54, 1.807) is 0 Å². The van der Waals surface area contributed by atoms with Crippen molar-refractivity contribution in [3.63, 3.8) is 0 Å². The van der Waals surface area contributed by atoms with Gasteiger partial charge in [-0.25, -0.2) is 0 Å². The van der Waals surface area contributed by atoms with Crippen molar-refractivity contribution in [1.29, 1.82) is 0 Å². The van der Waals surface area contributed by atoms with Crippen molar-refractivity contribution in [2.45, 2.75) is 142 Å². The van der Waals surface area contributed by atoms with Crippen molar-refractivity contribution in [1.82, 2.24) is 0 Å². The predicted molar refractivity (Wildman–Crippen MR) is 134 cm³/mol. The molecule has 0 atom stereocenters. The highest BCUT2D eigenvalue weighted by Gasteiger charge is 2.11. The maximum atomic E-state index is 5.61. The van der Waals surface area contributed by atoms with Crippen LogP contribution in [0, 0.1) is 0 Å². The first-order chi connectivity index (χ1) is 15.4. The summed E-state index contributed by atoms with van der Waals surface area (Å²) in [5.41, 5.74) is 2.22. The van der Waals surface area contributed by atoms with Gasteiger partial charge in [0.05, 0.1) is 0 Å². The average Bonchev–Trinajstić information content (AvgIpc) is 3.21. The van der Waals surface area contributed by atoms with Gasteiger partial charge in [0, 0.05) is 12.5 Å². The Kier molecular flexibility index (Phi) is 15.3. The number of aryl methyl sites for hydroxylation is 1. The van der Waals surface area contributed by atoms with Gasteiger partial charge in [-0.2, -0.15) is 4.57 Å². The molecule has 2 aromatic rings. The zero-order valence-electron chi connectivity index (χ0n) is 20.6. The van der Waals surface area contributed by atoms with Gasteiger partial charge in [-0.05, 0) is 12.5 Å². The second kappa shape index (κ2) is 18.3. The molecule has 31 heavy (non-hydrogen) atoms. The quantitative estimate of drug-likeness (QED) is 0.143. The Morgan fingerprint density at radius 2 is 0.968 bits per heavy atom. The summed E-state index contributed by atoms with van der Waals surface area (Å²) in [7, 11) is 0. The number of fused-ring (bicyclic) bond motifs is 1. The molecule has 176 valence electrons. The van der Waals surface area contributed by atoms with E-state index in [4.69, 9.17) is 4.42 Å². The van der Waals surface area contributed by atoms with Crippen LogP contribution < -0.4 is 4.57 Å². The molecule has 0 amide bonds. The minimum absolute atomic E-state index is 0.996. The van der Waals surface area contributed by atoms with Crippen molar-refractivity contribution in [3.05, 3.63) is 30.7 Å². The summed E-state index contributed by atoms with van der Waals surface area (Å²) < 4.78 is 7.86. The van der Waals surface area contributed by atoms with Crippen LogP contribution in [0.3, 0.4) is 0 Å². The lowest BCUT2D eigenvalue weighted by atomic mass is 10.0. The summed E-state index contributed by atoms with van der Waals surface area (Å²) >= 11 is 0. The van der Waals surface area contributed by atoms with Gasteiger partial charge in [0.2, 0.25) is 5.58 Å². The van der Waals surface area contributed by atoms with Crippen molar-refractivity contribution < 1.29 is 8.98 Å². The molecule has 0 bridgehead atoms. The van der Waals surface area contributed by atoms with E-state index < -0.39 is 0 Å². The Morgan fingerprint density at radius 1 is 0.548 bits per heavy atom. The van der Waals surface area contributed by atoms with Gasteiger partial charge in [-0.1, -0.05) is 135 Å². The summed E-state index contributed by atoms with van der Waals surface area (Å²) in [6.45, 7) is 3.38. The predicted octanol–water partition coefficient (Wildman–Crippen LogP) is 9.54. The Labute approximate surface area is 192 Å². The lowest BCUT2D eigenvalue weighted by Gasteiger charge is -2.04. The van der Waals surface area contributed by atoms with Crippen molar-refractivity contribution >= 4 is 11.1 Å². The standard InChI is InChI=1S/C29H50NO/c1-2-3-4-5-6-7-8-9-10-11-12-13-14-15-16-17-18-19-20-23-26-30-27-31-29-25-22-21-24-28(29)30/h21-22,24-25,27H,2-20,23,26H2,1H3/q+1. The van der Waals surface area contributed by atoms with E-state index in [1.807, 2.05) is 18.5 Å². The van der Waals surface area contributed by atoms with Crippen LogP contribution in [0.5, 0.6) is 0 Å². The molecular formula is C29H50NO+. The van der Waals surface area contributed by atoms with Gasteiger partial charge in [-0.15, -0.1) is 0 Å². The van der Waals surface area contributed by atoms with E-state index in [9.17, 15) is 0 Å². The topological polar surface area (TPSA) is 17.0 Å². The first-order valence-corrected chi connectivity index (χ1v) is 13.8. The number of oxazole rings is 1. The Hall–Kier alpha value is -1.31. The molecule has 1 aromatic heterocycles. The number of nitrogens with zero attached hydrogens (tertiary/aromatic N) is 1. The molecule has 0 aliphatic heterocycles. The number of benzene rings is 1. The lowest BCUT2D eigenvalue weighted by molar-refractivity contribution is -0.676. The highest BCUT2D eigenvalue weighted by molar-refractivity contribution is 5.67. The molecule has 1 aromatic carbocycles. The van der Waals surface area contributed by atoms with Crippen LogP contribution in [0.4, 0.5) is 0 Å². The van der Waals surface area contributed by atoms with Crippen LogP contribution in [0.15, 0.2) is 35.1 Å². The Bertz CT molecular complexity index is 647. The fourth-order valence-corrected chi connectivity index (χ4v) is 4.68. The number of aromatic nitrogens is 1. The Morgan fingerprint density at radius 3 is 1.45 bits per heavy atom. The molecule has 0 N–H and O–H groups in total. The normalized spacial score (nSPS) is 11.5. The van der Waals surface area contributed by atoms with Crippen molar-refractivity contribution in [3.8, 4) is 0 Å². The van der Waals surface area contributed by atoms with Crippen LogP contribution in [-0.4, -0.2) is 0 Å². The fraction of sp³-hybridized carbons (Fsp3) is 0.759. The van der Waals surface area contributed by atoms with Gasteiger partial charge >= 0.3 is 6.39 Å². The first-order valence-electron chi connectivity index (χ1n) is 13.8. The molecule has 2 nitrogen and oxygen atoms in total. The second-order valence-electron chi connectivity index (χ2n) is 9.60. The average molecular weight is 429 g/mol. The molecule has 2 rings (SSSR count). The highest BCUT2D eigenvalue weighted by Crippen LogP contribution is 2.15. The molecule has 0 saturated carbocycles. The van der Waals surface area contributed by atoms with E-state index in [2.05, 4.69) is 23.6 Å².